The van der Waals surface area contributed by atoms with E-state index in [2.05, 4.69) is 17.0 Å². The van der Waals surface area contributed by atoms with Crippen LogP contribution >= 0.6 is 0 Å². The molecule has 1 aliphatic heterocycles. The average molecular weight is 301 g/mol. The van der Waals surface area contributed by atoms with Gasteiger partial charge in [0.2, 0.25) is 5.54 Å². The lowest BCUT2D eigenvalue weighted by Gasteiger charge is -2.36. The van der Waals surface area contributed by atoms with Crippen LogP contribution in [0, 0.1) is 6.57 Å². The van der Waals surface area contributed by atoms with Crippen LogP contribution in [0.5, 0.6) is 0 Å². The van der Waals surface area contributed by atoms with E-state index in [0.29, 0.717) is 26.4 Å². The molecule has 0 N–H and O–H groups in total. The van der Waals surface area contributed by atoms with Crippen LogP contribution in [0.3, 0.4) is 0 Å². The SMILES string of the molecule is [C-]#[N+]C1(CCOCc2ccccc2)CCC2(CC1)OCCO2. The summed E-state index contributed by atoms with van der Waals surface area (Å²) < 4.78 is 17.3. The van der Waals surface area contributed by atoms with Crippen molar-refractivity contribution in [1.29, 1.82) is 0 Å². The van der Waals surface area contributed by atoms with Gasteiger partial charge in [-0.15, -0.1) is 0 Å². The topological polar surface area (TPSA) is 32.0 Å². The van der Waals surface area contributed by atoms with Gasteiger partial charge in [-0.1, -0.05) is 30.3 Å². The Morgan fingerprint density at radius 1 is 1.05 bits per heavy atom. The summed E-state index contributed by atoms with van der Waals surface area (Å²) in [6.45, 7) is 10.2. The van der Waals surface area contributed by atoms with Gasteiger partial charge in [-0.25, -0.2) is 6.57 Å². The lowest BCUT2D eigenvalue weighted by atomic mass is 9.77. The van der Waals surface area contributed by atoms with Crippen molar-refractivity contribution in [2.45, 2.75) is 50.0 Å². The molecule has 118 valence electrons. The minimum absolute atomic E-state index is 0.294. The van der Waals surface area contributed by atoms with Crippen molar-refractivity contribution in [3.63, 3.8) is 0 Å². The molecule has 2 fully saturated rings. The normalized spacial score (nSPS) is 22.5. The first-order valence-electron chi connectivity index (χ1n) is 8.04. The summed E-state index contributed by atoms with van der Waals surface area (Å²) in [5.41, 5.74) is 0.881. The molecule has 2 aliphatic rings. The van der Waals surface area contributed by atoms with Crippen molar-refractivity contribution < 1.29 is 14.2 Å². The van der Waals surface area contributed by atoms with E-state index >= 15 is 0 Å². The highest BCUT2D eigenvalue weighted by atomic mass is 16.7. The van der Waals surface area contributed by atoms with E-state index in [1.54, 1.807) is 0 Å². The first kappa shape index (κ1) is 15.5. The third kappa shape index (κ3) is 3.49. The predicted molar refractivity (Wildman–Crippen MR) is 83.2 cm³/mol. The van der Waals surface area contributed by atoms with Gasteiger partial charge >= 0.3 is 0 Å². The summed E-state index contributed by atoms with van der Waals surface area (Å²) in [6, 6.07) is 10.2. The van der Waals surface area contributed by atoms with Crippen LogP contribution in [0.15, 0.2) is 30.3 Å². The maximum absolute atomic E-state index is 7.59. The van der Waals surface area contributed by atoms with Crippen molar-refractivity contribution in [1.82, 2.24) is 0 Å². The van der Waals surface area contributed by atoms with E-state index in [9.17, 15) is 0 Å². The van der Waals surface area contributed by atoms with E-state index in [1.165, 1.54) is 5.56 Å². The number of hydrogen-bond acceptors (Lipinski definition) is 3. The molecule has 1 aromatic rings. The van der Waals surface area contributed by atoms with E-state index in [1.807, 2.05) is 18.2 Å². The number of benzene rings is 1. The third-order valence-corrected chi connectivity index (χ3v) is 4.82. The molecule has 0 bridgehead atoms. The van der Waals surface area contributed by atoms with Crippen molar-refractivity contribution in [2.24, 2.45) is 0 Å². The smallest absolute Gasteiger partial charge is 0.235 e. The molecule has 22 heavy (non-hydrogen) atoms. The average Bonchev–Trinajstić information content (AvgIpc) is 3.03. The van der Waals surface area contributed by atoms with Crippen molar-refractivity contribution in [3.05, 3.63) is 47.3 Å². The van der Waals surface area contributed by atoms with E-state index in [4.69, 9.17) is 20.8 Å². The van der Waals surface area contributed by atoms with Crippen LogP contribution in [-0.2, 0) is 20.8 Å². The molecule has 1 saturated heterocycles. The molecule has 0 aromatic heterocycles. The van der Waals surface area contributed by atoms with Gasteiger partial charge < -0.3 is 19.1 Å². The van der Waals surface area contributed by atoms with Gasteiger partial charge in [-0.2, -0.15) is 0 Å². The van der Waals surface area contributed by atoms with Gasteiger partial charge in [0.15, 0.2) is 5.79 Å². The fraction of sp³-hybridized carbons (Fsp3) is 0.611. The molecule has 0 radical (unpaired) electrons. The van der Waals surface area contributed by atoms with Crippen molar-refractivity contribution in [3.8, 4) is 0 Å². The number of rotatable bonds is 5. The van der Waals surface area contributed by atoms with Crippen molar-refractivity contribution >= 4 is 0 Å². The van der Waals surface area contributed by atoms with Crippen LogP contribution in [0.25, 0.3) is 4.85 Å². The highest BCUT2D eigenvalue weighted by molar-refractivity contribution is 5.13. The fourth-order valence-electron chi connectivity index (χ4n) is 3.33. The molecule has 0 unspecified atom stereocenters. The summed E-state index contributed by atoms with van der Waals surface area (Å²) in [7, 11) is 0. The molecule has 0 amide bonds. The van der Waals surface area contributed by atoms with E-state index in [0.717, 1.165) is 32.1 Å². The Kier molecular flexibility index (Phi) is 4.77. The molecular weight excluding hydrogens is 278 g/mol. The molecule has 4 heteroatoms. The summed E-state index contributed by atoms with van der Waals surface area (Å²) in [5, 5.41) is 0. The van der Waals surface area contributed by atoms with Gasteiger partial charge in [0.05, 0.1) is 26.4 Å². The zero-order chi connectivity index (χ0) is 15.3. The summed E-state index contributed by atoms with van der Waals surface area (Å²) >= 11 is 0. The van der Waals surface area contributed by atoms with Crippen LogP contribution in [-0.4, -0.2) is 31.1 Å². The van der Waals surface area contributed by atoms with Crippen molar-refractivity contribution in [2.75, 3.05) is 19.8 Å². The Hall–Kier alpha value is -1.41. The highest BCUT2D eigenvalue weighted by Crippen LogP contribution is 2.43. The maximum atomic E-state index is 7.59. The van der Waals surface area contributed by atoms with Crippen LogP contribution in [0.4, 0.5) is 0 Å². The fourth-order valence-corrected chi connectivity index (χ4v) is 3.33. The largest absolute Gasteiger partial charge is 0.376 e. The zero-order valence-corrected chi connectivity index (χ0v) is 12.9. The maximum Gasteiger partial charge on any atom is 0.235 e. The monoisotopic (exact) mass is 301 g/mol. The van der Waals surface area contributed by atoms with E-state index in [-0.39, 0.29) is 11.3 Å². The Balaban J connectivity index is 1.45. The van der Waals surface area contributed by atoms with Gasteiger partial charge in [-0.05, 0) is 5.56 Å². The molecule has 4 nitrogen and oxygen atoms in total. The zero-order valence-electron chi connectivity index (χ0n) is 12.9. The Bertz CT molecular complexity index is 507. The Labute approximate surface area is 132 Å². The molecule has 1 aliphatic carbocycles. The van der Waals surface area contributed by atoms with Gasteiger partial charge in [0.1, 0.15) is 0 Å². The number of hydrogen-bond donors (Lipinski definition) is 0. The molecule has 1 spiro atoms. The second-order valence-electron chi connectivity index (χ2n) is 6.23. The second kappa shape index (κ2) is 6.78. The van der Waals surface area contributed by atoms with Crippen LogP contribution in [0.2, 0.25) is 0 Å². The Morgan fingerprint density at radius 3 is 2.36 bits per heavy atom. The summed E-state index contributed by atoms with van der Waals surface area (Å²) in [6.07, 6.45) is 4.12. The first-order valence-corrected chi connectivity index (χ1v) is 8.04. The first-order chi connectivity index (χ1) is 10.8. The standard InChI is InChI=1S/C18H23NO3/c1-19-17(7-9-18(10-8-17)21-13-14-22-18)11-12-20-15-16-5-3-2-4-6-16/h2-6H,7-15H2. The summed E-state index contributed by atoms with van der Waals surface area (Å²) in [4.78, 5) is 3.94. The molecule has 1 aromatic carbocycles. The molecule has 3 rings (SSSR count). The van der Waals surface area contributed by atoms with Crippen LogP contribution in [0.1, 0.15) is 37.7 Å². The van der Waals surface area contributed by atoms with Gasteiger partial charge in [0, 0.05) is 32.1 Å². The van der Waals surface area contributed by atoms with Crippen LogP contribution < -0.4 is 0 Å². The molecular formula is C18H23NO3. The minimum atomic E-state index is -0.390. The molecule has 0 atom stereocenters. The van der Waals surface area contributed by atoms with Gasteiger partial charge in [-0.3, -0.25) is 0 Å². The highest BCUT2D eigenvalue weighted by Gasteiger charge is 2.49. The number of nitrogens with zero attached hydrogens (tertiary/aromatic N) is 1. The second-order valence-corrected chi connectivity index (χ2v) is 6.23. The molecule has 1 heterocycles. The van der Waals surface area contributed by atoms with E-state index < -0.39 is 0 Å². The lowest BCUT2D eigenvalue weighted by Crippen LogP contribution is -2.42. The van der Waals surface area contributed by atoms with Gasteiger partial charge in [0.25, 0.3) is 0 Å². The Morgan fingerprint density at radius 2 is 1.73 bits per heavy atom. The molecule has 1 saturated carbocycles. The third-order valence-electron chi connectivity index (χ3n) is 4.82. The summed E-state index contributed by atoms with van der Waals surface area (Å²) in [5.74, 6) is -0.390. The predicted octanol–water partition coefficient (Wildman–Crippen LogP) is 3.57. The minimum Gasteiger partial charge on any atom is -0.376 e. The number of ether oxygens (including phenoxy) is 3. The lowest BCUT2D eigenvalue weighted by molar-refractivity contribution is -0.183. The quantitative estimate of drug-likeness (QED) is 0.615.